The van der Waals surface area contributed by atoms with Crippen molar-refractivity contribution in [1.29, 1.82) is 0 Å². The zero-order valence-corrected chi connectivity index (χ0v) is 21.0. The van der Waals surface area contributed by atoms with E-state index in [1.807, 2.05) is 25.1 Å². The lowest BCUT2D eigenvalue weighted by molar-refractivity contribution is -0.384. The summed E-state index contributed by atoms with van der Waals surface area (Å²) in [7, 11) is 0. The minimum atomic E-state index is -0.660. The van der Waals surface area contributed by atoms with Crippen LogP contribution in [0.2, 0.25) is 0 Å². The van der Waals surface area contributed by atoms with E-state index in [0.717, 1.165) is 5.69 Å². The van der Waals surface area contributed by atoms with Crippen LogP contribution in [0.3, 0.4) is 0 Å². The third-order valence-electron chi connectivity index (χ3n) is 6.21. The van der Waals surface area contributed by atoms with Gasteiger partial charge in [0.15, 0.2) is 0 Å². The van der Waals surface area contributed by atoms with E-state index in [1.54, 1.807) is 30.5 Å². The summed E-state index contributed by atoms with van der Waals surface area (Å²) in [5, 5.41) is 13.6. The van der Waals surface area contributed by atoms with Crippen LogP contribution in [0.15, 0.2) is 78.6 Å². The fourth-order valence-corrected chi connectivity index (χ4v) is 5.53. The first-order valence-electron chi connectivity index (χ1n) is 11.8. The predicted molar refractivity (Wildman–Crippen MR) is 139 cm³/mol. The number of non-ortho nitro benzene ring substituents is 1. The van der Waals surface area contributed by atoms with Crippen LogP contribution in [-0.2, 0) is 20.9 Å². The van der Waals surface area contributed by atoms with Gasteiger partial charge in [0.2, 0.25) is 5.91 Å². The second kappa shape index (κ2) is 10.5. The maximum absolute atomic E-state index is 13.1. The number of carbonyl (C=O) groups is 3. The molecule has 10 nitrogen and oxygen atoms in total. The Labute approximate surface area is 221 Å². The molecule has 3 aromatic rings. The van der Waals surface area contributed by atoms with E-state index in [1.165, 1.54) is 40.9 Å². The third kappa shape index (κ3) is 5.00. The van der Waals surface area contributed by atoms with Gasteiger partial charge in [0.25, 0.3) is 11.6 Å². The summed E-state index contributed by atoms with van der Waals surface area (Å²) in [4.78, 5) is 54.8. The highest BCUT2D eigenvalue weighted by Gasteiger charge is 2.49. The first-order valence-corrected chi connectivity index (χ1v) is 12.7. The van der Waals surface area contributed by atoms with E-state index in [2.05, 4.69) is 10.3 Å². The van der Waals surface area contributed by atoms with Crippen LogP contribution >= 0.6 is 11.8 Å². The van der Waals surface area contributed by atoms with Crippen molar-refractivity contribution in [3.63, 3.8) is 0 Å². The summed E-state index contributed by atoms with van der Waals surface area (Å²) >= 11 is 1.40. The summed E-state index contributed by atoms with van der Waals surface area (Å²) in [6.45, 7) is 1.75. The number of benzene rings is 2. The van der Waals surface area contributed by atoms with Gasteiger partial charge in [-0.1, -0.05) is 30.0 Å². The fraction of sp³-hybridized carbons (Fsp3) is 0.185. The van der Waals surface area contributed by atoms with Crippen molar-refractivity contribution in [2.75, 3.05) is 0 Å². The number of nitrogens with one attached hydrogen (secondary N) is 1. The van der Waals surface area contributed by atoms with E-state index in [-0.39, 0.29) is 41.2 Å². The highest BCUT2D eigenvalue weighted by molar-refractivity contribution is 8.09. The van der Waals surface area contributed by atoms with E-state index < -0.39 is 10.9 Å². The van der Waals surface area contributed by atoms with Crippen molar-refractivity contribution in [2.24, 2.45) is 0 Å². The van der Waals surface area contributed by atoms with Gasteiger partial charge in [0, 0.05) is 28.8 Å². The Morgan fingerprint density at radius 2 is 1.89 bits per heavy atom. The van der Waals surface area contributed by atoms with Crippen molar-refractivity contribution < 1.29 is 24.0 Å². The average molecular weight is 531 g/mol. The van der Waals surface area contributed by atoms with Crippen LogP contribution in [0.25, 0.3) is 4.91 Å². The van der Waals surface area contributed by atoms with Gasteiger partial charge in [0.05, 0.1) is 28.5 Å². The first-order chi connectivity index (χ1) is 18.3. The molecule has 2 aromatic carbocycles. The zero-order valence-electron chi connectivity index (χ0n) is 20.2. The number of amides is 2. The molecule has 1 unspecified atom stereocenters. The van der Waals surface area contributed by atoms with E-state index >= 15 is 0 Å². The number of esters is 1. The van der Waals surface area contributed by atoms with Crippen LogP contribution in [0.4, 0.5) is 5.69 Å². The monoisotopic (exact) mass is 530 g/mol. The Bertz CT molecular complexity index is 1440. The Morgan fingerprint density at radius 1 is 1.16 bits per heavy atom. The van der Waals surface area contributed by atoms with Crippen molar-refractivity contribution in [2.45, 2.75) is 31.4 Å². The normalized spacial score (nSPS) is 16.9. The molecule has 1 N–H and O–H groups in total. The van der Waals surface area contributed by atoms with E-state index in [4.69, 9.17) is 4.74 Å². The number of β-lactam (4-membered cyclic amide) rings is 1. The Kier molecular flexibility index (Phi) is 6.93. The lowest BCUT2D eigenvalue weighted by atomic mass is 10.1. The molecule has 38 heavy (non-hydrogen) atoms. The van der Waals surface area contributed by atoms with Gasteiger partial charge in [-0.2, -0.15) is 0 Å². The number of nitro groups is 1. The molecule has 2 amide bonds. The summed E-state index contributed by atoms with van der Waals surface area (Å²) in [5.41, 5.74) is 2.57. The van der Waals surface area contributed by atoms with Gasteiger partial charge in [-0.15, -0.1) is 0 Å². The quantitative estimate of drug-likeness (QED) is 0.198. The van der Waals surface area contributed by atoms with Crippen LogP contribution in [0.5, 0.6) is 0 Å². The Morgan fingerprint density at radius 3 is 2.53 bits per heavy atom. The molecule has 3 heterocycles. The standard InChI is InChI=1S/C27H22N4O6S/c1-16(21-4-2-3-13-28-21)29-26(33)19-9-7-18(8-10-19)25-24(30-22(32)14-23(30)38-25)27(34)37-15-17-5-11-20(12-6-17)31(35)36/h2-13,16,23H,14-15H2,1H3,(H,29,33)/t16?,23-/m1/s1. The van der Waals surface area contributed by atoms with Crippen LogP contribution in [0, 0.1) is 10.1 Å². The summed E-state index contributed by atoms with van der Waals surface area (Å²) in [6, 6.07) is 17.7. The van der Waals surface area contributed by atoms with Crippen molar-refractivity contribution in [3.8, 4) is 0 Å². The molecule has 11 heteroatoms. The molecular formula is C27H22N4O6S. The predicted octanol–water partition coefficient (Wildman–Crippen LogP) is 4.20. The molecule has 1 aromatic heterocycles. The molecule has 192 valence electrons. The molecule has 2 atom stereocenters. The summed E-state index contributed by atoms with van der Waals surface area (Å²) < 4.78 is 5.47. The molecule has 1 fully saturated rings. The molecular weight excluding hydrogens is 508 g/mol. The number of nitrogens with zero attached hydrogens (tertiary/aromatic N) is 3. The van der Waals surface area contributed by atoms with E-state index in [0.29, 0.717) is 28.0 Å². The number of carbonyl (C=O) groups excluding carboxylic acids is 3. The van der Waals surface area contributed by atoms with Crippen LogP contribution in [-0.4, -0.2) is 38.0 Å². The topological polar surface area (TPSA) is 132 Å². The highest BCUT2D eigenvalue weighted by atomic mass is 32.2. The van der Waals surface area contributed by atoms with Gasteiger partial charge < -0.3 is 10.1 Å². The van der Waals surface area contributed by atoms with Crippen LogP contribution < -0.4 is 5.32 Å². The SMILES string of the molecule is CC(NC(=O)c1ccc(C2=C(C(=O)OCc3ccc([N+](=O)[O-])cc3)N3C(=O)C[C@H]3S2)cc1)c1ccccn1. The highest BCUT2D eigenvalue weighted by Crippen LogP contribution is 2.50. The smallest absolute Gasteiger partial charge is 0.356 e. The Balaban J connectivity index is 1.31. The molecule has 5 rings (SSSR count). The number of pyridine rings is 1. The molecule has 0 bridgehead atoms. The first kappa shape index (κ1) is 25.2. The molecule has 1 saturated heterocycles. The number of hydrogen-bond acceptors (Lipinski definition) is 8. The van der Waals surface area contributed by atoms with Crippen molar-refractivity contribution >= 4 is 40.1 Å². The molecule has 2 aliphatic rings. The van der Waals surface area contributed by atoms with Crippen molar-refractivity contribution in [3.05, 3.63) is 111 Å². The van der Waals surface area contributed by atoms with Gasteiger partial charge >= 0.3 is 5.97 Å². The Hall–Kier alpha value is -4.51. The number of aromatic nitrogens is 1. The second-order valence-electron chi connectivity index (χ2n) is 8.74. The zero-order chi connectivity index (χ0) is 26.8. The lowest BCUT2D eigenvalue weighted by Crippen LogP contribution is -2.48. The maximum Gasteiger partial charge on any atom is 0.356 e. The molecule has 0 saturated carbocycles. The minimum absolute atomic E-state index is 0.0606. The average Bonchev–Trinajstić information content (AvgIpc) is 3.25. The van der Waals surface area contributed by atoms with E-state index in [9.17, 15) is 24.5 Å². The largest absolute Gasteiger partial charge is 0.456 e. The van der Waals surface area contributed by atoms with Gasteiger partial charge in [-0.05, 0) is 54.4 Å². The van der Waals surface area contributed by atoms with Gasteiger partial charge in [-0.25, -0.2) is 4.79 Å². The lowest BCUT2D eigenvalue weighted by Gasteiger charge is -2.34. The fourth-order valence-electron chi connectivity index (χ4n) is 4.14. The van der Waals surface area contributed by atoms with Gasteiger partial charge in [0.1, 0.15) is 12.3 Å². The summed E-state index contributed by atoms with van der Waals surface area (Å²) in [6.07, 6.45) is 1.99. The van der Waals surface area contributed by atoms with Crippen molar-refractivity contribution in [1.82, 2.24) is 15.2 Å². The summed E-state index contributed by atoms with van der Waals surface area (Å²) in [5.74, 6) is -1.09. The number of nitro benzene ring substituents is 1. The number of hydrogen-bond donors (Lipinski definition) is 1. The minimum Gasteiger partial charge on any atom is -0.456 e. The van der Waals surface area contributed by atoms with Gasteiger partial charge in [-0.3, -0.25) is 29.6 Å². The number of thioether (sulfide) groups is 1. The number of fused-ring (bicyclic) bond motifs is 1. The molecule has 0 aliphatic carbocycles. The van der Waals surface area contributed by atoms with Crippen LogP contribution in [0.1, 0.15) is 46.6 Å². The molecule has 0 radical (unpaired) electrons. The maximum atomic E-state index is 13.1. The number of ether oxygens (including phenoxy) is 1. The molecule has 2 aliphatic heterocycles. The number of rotatable bonds is 8. The third-order valence-corrected chi connectivity index (χ3v) is 7.53. The molecule has 0 spiro atoms. The second-order valence-corrected chi connectivity index (χ2v) is 9.93.